The molecule has 20 heavy (non-hydrogen) atoms. The Hall–Kier alpha value is -0.460. The van der Waals surface area contributed by atoms with E-state index in [0.717, 1.165) is 25.7 Å². The molecule has 0 radical (unpaired) electrons. The molecule has 0 spiro atoms. The van der Waals surface area contributed by atoms with Crippen molar-refractivity contribution >= 4 is 35.7 Å². The summed E-state index contributed by atoms with van der Waals surface area (Å²) in [6.07, 6.45) is 4.50. The topological polar surface area (TPSA) is 52.6 Å². The van der Waals surface area contributed by atoms with Gasteiger partial charge < -0.3 is 9.47 Å². The van der Waals surface area contributed by atoms with Crippen molar-refractivity contribution in [2.75, 3.05) is 7.11 Å². The van der Waals surface area contributed by atoms with Gasteiger partial charge in [0.2, 0.25) is 9.05 Å². The number of rotatable bonds is 5. The zero-order chi connectivity index (χ0) is 14.8. The Morgan fingerprint density at radius 3 is 2.55 bits per heavy atom. The first-order chi connectivity index (χ1) is 9.39. The third-order valence-electron chi connectivity index (χ3n) is 3.21. The minimum Gasteiger partial charge on any atom is -0.492 e. The van der Waals surface area contributed by atoms with Gasteiger partial charge in [-0.25, -0.2) is 8.42 Å². The summed E-state index contributed by atoms with van der Waals surface area (Å²) in [7, 11) is 3.25. The second kappa shape index (κ2) is 6.54. The van der Waals surface area contributed by atoms with Gasteiger partial charge in [-0.3, -0.25) is 0 Å². The van der Waals surface area contributed by atoms with E-state index in [-0.39, 0.29) is 11.9 Å². The summed E-state index contributed by atoms with van der Waals surface area (Å²) < 4.78 is 34.3. The van der Waals surface area contributed by atoms with Gasteiger partial charge in [0.1, 0.15) is 0 Å². The third kappa shape index (κ3) is 4.27. The van der Waals surface area contributed by atoms with E-state index in [2.05, 4.69) is 15.9 Å². The van der Waals surface area contributed by atoms with E-state index < -0.39 is 9.05 Å². The number of hydrogen-bond acceptors (Lipinski definition) is 4. The molecule has 1 saturated carbocycles. The van der Waals surface area contributed by atoms with Crippen molar-refractivity contribution in [1.29, 1.82) is 0 Å². The van der Waals surface area contributed by atoms with Crippen LogP contribution in [-0.2, 0) is 14.8 Å². The van der Waals surface area contributed by atoms with Crippen LogP contribution in [0.3, 0.4) is 0 Å². The van der Waals surface area contributed by atoms with Gasteiger partial charge in [-0.1, -0.05) is 0 Å². The molecule has 1 fully saturated rings. The Bertz CT molecular complexity index is 582. The second-order valence-corrected chi connectivity index (χ2v) is 8.45. The van der Waals surface area contributed by atoms with Crippen LogP contribution in [0.4, 0.5) is 0 Å². The van der Waals surface area contributed by atoms with Crippen LogP contribution in [-0.4, -0.2) is 21.6 Å². The molecule has 1 aliphatic rings. The van der Waals surface area contributed by atoms with E-state index in [4.69, 9.17) is 20.2 Å². The molecule has 2 rings (SSSR count). The lowest BCUT2D eigenvalue weighted by atomic mass is 10.2. The molecule has 0 atom stereocenters. The zero-order valence-electron chi connectivity index (χ0n) is 11.1. The maximum atomic E-state index is 11.2. The van der Waals surface area contributed by atoms with Crippen LogP contribution in [0, 0.1) is 0 Å². The van der Waals surface area contributed by atoms with Gasteiger partial charge in [0.15, 0.2) is 11.5 Å². The van der Waals surface area contributed by atoms with Crippen LogP contribution in [0.25, 0.3) is 0 Å². The molecule has 1 aromatic rings. The first-order valence-corrected chi connectivity index (χ1v) is 9.61. The highest BCUT2D eigenvalue weighted by Crippen LogP contribution is 2.39. The molecule has 0 N–H and O–H groups in total. The normalized spacial score (nSPS) is 16.4. The molecule has 0 unspecified atom stereocenters. The van der Waals surface area contributed by atoms with E-state index in [0.29, 0.717) is 21.5 Å². The average Bonchev–Trinajstić information content (AvgIpc) is 2.79. The van der Waals surface area contributed by atoms with E-state index in [1.807, 2.05) is 0 Å². The quantitative estimate of drug-likeness (QED) is 0.725. The fourth-order valence-electron chi connectivity index (χ4n) is 2.38. The Balaban J connectivity index is 2.30. The van der Waals surface area contributed by atoms with Gasteiger partial charge >= 0.3 is 0 Å². The fraction of sp³-hybridized carbons (Fsp3) is 0.538. The van der Waals surface area contributed by atoms with Crippen LogP contribution in [0.2, 0.25) is 0 Å². The van der Waals surface area contributed by atoms with Gasteiger partial charge in [0.25, 0.3) is 0 Å². The van der Waals surface area contributed by atoms with Gasteiger partial charge in [-0.15, -0.1) is 0 Å². The van der Waals surface area contributed by atoms with Crippen molar-refractivity contribution in [3.63, 3.8) is 0 Å². The molecule has 7 heteroatoms. The van der Waals surface area contributed by atoms with Gasteiger partial charge in [-0.05, 0) is 59.3 Å². The standard InChI is InChI=1S/C13H16BrClO4S/c1-18-13-11(14)6-9(8-20(15,16)17)7-12(13)19-10-4-2-3-5-10/h6-7,10H,2-5,8H2,1H3. The van der Waals surface area contributed by atoms with E-state index in [1.165, 1.54) is 0 Å². The van der Waals surface area contributed by atoms with Gasteiger partial charge in [0.05, 0.1) is 23.4 Å². The van der Waals surface area contributed by atoms with Crippen LogP contribution in [0.5, 0.6) is 11.5 Å². The highest BCUT2D eigenvalue weighted by Gasteiger charge is 2.21. The smallest absolute Gasteiger partial charge is 0.236 e. The largest absolute Gasteiger partial charge is 0.492 e. The number of hydrogen-bond donors (Lipinski definition) is 0. The van der Waals surface area contributed by atoms with E-state index >= 15 is 0 Å². The molecule has 4 nitrogen and oxygen atoms in total. The Morgan fingerprint density at radius 2 is 2.00 bits per heavy atom. The zero-order valence-corrected chi connectivity index (χ0v) is 14.2. The molecule has 0 heterocycles. The first kappa shape index (κ1) is 15.9. The lowest BCUT2D eigenvalue weighted by Crippen LogP contribution is -2.12. The van der Waals surface area contributed by atoms with Gasteiger partial charge in [-0.2, -0.15) is 0 Å². The lowest BCUT2D eigenvalue weighted by Gasteiger charge is -2.18. The van der Waals surface area contributed by atoms with Gasteiger partial charge in [0, 0.05) is 10.7 Å². The summed E-state index contributed by atoms with van der Waals surface area (Å²) in [4.78, 5) is 0. The van der Waals surface area contributed by atoms with Crippen molar-refractivity contribution in [2.24, 2.45) is 0 Å². The molecule has 0 bridgehead atoms. The molecule has 1 aliphatic carbocycles. The second-order valence-electron chi connectivity index (χ2n) is 4.82. The predicted molar refractivity (Wildman–Crippen MR) is 82.1 cm³/mol. The average molecular weight is 384 g/mol. The number of ether oxygens (including phenoxy) is 2. The van der Waals surface area contributed by atoms with Crippen LogP contribution >= 0.6 is 26.6 Å². The molecule has 0 saturated heterocycles. The molecule has 0 aliphatic heterocycles. The maximum Gasteiger partial charge on any atom is 0.236 e. The molecular formula is C13H16BrClO4S. The Morgan fingerprint density at radius 1 is 1.35 bits per heavy atom. The number of halogens is 2. The summed E-state index contributed by atoms with van der Waals surface area (Å²) in [6.45, 7) is 0. The van der Waals surface area contributed by atoms with E-state index in [9.17, 15) is 8.42 Å². The van der Waals surface area contributed by atoms with Crippen molar-refractivity contribution in [1.82, 2.24) is 0 Å². The Labute approximate surface area is 132 Å². The van der Waals surface area contributed by atoms with Crippen molar-refractivity contribution in [3.8, 4) is 11.5 Å². The molecule has 0 aromatic heterocycles. The van der Waals surface area contributed by atoms with Crippen molar-refractivity contribution in [2.45, 2.75) is 37.5 Å². The fourth-order valence-corrected chi connectivity index (χ4v) is 3.97. The monoisotopic (exact) mass is 382 g/mol. The molecule has 1 aromatic carbocycles. The highest BCUT2D eigenvalue weighted by molar-refractivity contribution is 9.10. The molecular weight excluding hydrogens is 368 g/mol. The maximum absolute atomic E-state index is 11.2. The van der Waals surface area contributed by atoms with Crippen LogP contribution < -0.4 is 9.47 Å². The SMILES string of the molecule is COc1c(Br)cc(CS(=O)(=O)Cl)cc1OC1CCCC1. The summed E-state index contributed by atoms with van der Waals surface area (Å²) in [5, 5.41) is 0. The first-order valence-electron chi connectivity index (χ1n) is 6.34. The van der Waals surface area contributed by atoms with Crippen molar-refractivity contribution < 1.29 is 17.9 Å². The molecule has 0 amide bonds. The number of benzene rings is 1. The Kier molecular flexibility index (Phi) is 5.20. The lowest BCUT2D eigenvalue weighted by molar-refractivity contribution is 0.200. The number of methoxy groups -OCH3 is 1. The van der Waals surface area contributed by atoms with Crippen molar-refractivity contribution in [3.05, 3.63) is 22.2 Å². The van der Waals surface area contributed by atoms with E-state index in [1.54, 1.807) is 19.2 Å². The molecule has 112 valence electrons. The van der Waals surface area contributed by atoms with Crippen LogP contribution in [0.15, 0.2) is 16.6 Å². The summed E-state index contributed by atoms with van der Waals surface area (Å²) in [5.74, 6) is 0.898. The summed E-state index contributed by atoms with van der Waals surface area (Å²) >= 11 is 3.37. The third-order valence-corrected chi connectivity index (χ3v) is 4.80. The minimum atomic E-state index is -3.60. The minimum absolute atomic E-state index is 0.165. The van der Waals surface area contributed by atoms with Crippen LogP contribution in [0.1, 0.15) is 31.2 Å². The highest BCUT2D eigenvalue weighted by atomic mass is 79.9. The summed E-state index contributed by atoms with van der Waals surface area (Å²) in [5.41, 5.74) is 0.570. The predicted octanol–water partition coefficient (Wildman–Crippen LogP) is 3.85. The summed E-state index contributed by atoms with van der Waals surface area (Å²) in [6, 6.07) is 3.36.